The Morgan fingerprint density at radius 3 is 1.60 bits per heavy atom. The number of unbranched alkanes of at least 4 members (excludes halogenated alkanes) is 18. The van der Waals surface area contributed by atoms with Gasteiger partial charge in [0.25, 0.3) is 17.2 Å². The summed E-state index contributed by atoms with van der Waals surface area (Å²) in [6.45, 7) is 13.2. The average Bonchev–Trinajstić information content (AvgIpc) is 3.30. The van der Waals surface area contributed by atoms with Crippen molar-refractivity contribution in [3.8, 4) is 5.75 Å². The van der Waals surface area contributed by atoms with Gasteiger partial charge >= 0.3 is 11.9 Å². The van der Waals surface area contributed by atoms with E-state index in [0.29, 0.717) is 12.8 Å². The lowest BCUT2D eigenvalue weighted by Gasteiger charge is -2.22. The van der Waals surface area contributed by atoms with Crippen LogP contribution in [0.2, 0.25) is 0 Å². The monoisotopic (exact) mass is 979 g/mol. The van der Waals surface area contributed by atoms with Crippen molar-refractivity contribution >= 4 is 56.4 Å². The molecule has 0 aromatic heterocycles. The first-order valence-corrected chi connectivity index (χ1v) is 27.5. The quantitative estimate of drug-likeness (QED) is 0.0217. The smallest absolute Gasteiger partial charge is 0.339 e. The highest BCUT2D eigenvalue weighted by Gasteiger charge is 2.31. The van der Waals surface area contributed by atoms with Crippen LogP contribution in [-0.4, -0.2) is 78.6 Å². The summed E-state index contributed by atoms with van der Waals surface area (Å²) in [7, 11) is -4.31. The number of carbonyl (C=O) groups is 4. The number of benzene rings is 2. The summed E-state index contributed by atoms with van der Waals surface area (Å²) >= 11 is -2.59. The lowest BCUT2D eigenvalue weighted by molar-refractivity contribution is -0.127. The molecule has 380 valence electrons. The van der Waals surface area contributed by atoms with Crippen molar-refractivity contribution in [1.82, 2.24) is 9.62 Å². The van der Waals surface area contributed by atoms with Gasteiger partial charge in [-0.05, 0) is 49.6 Å². The van der Waals surface area contributed by atoms with E-state index in [0.717, 1.165) is 48.9 Å². The molecule has 17 heteroatoms. The molecule has 67 heavy (non-hydrogen) atoms. The van der Waals surface area contributed by atoms with E-state index >= 15 is 0 Å². The summed E-state index contributed by atoms with van der Waals surface area (Å²) in [5, 5.41) is 16.3. The molecule has 0 spiro atoms. The van der Waals surface area contributed by atoms with Gasteiger partial charge in [0, 0.05) is 25.6 Å². The number of likely N-dealkylation sites (N-methyl/N-ethyl adjacent to an activating group) is 1. The molecule has 15 nitrogen and oxygen atoms in total. The fraction of sp³-hybridized carbons (Fsp3) is 0.680. The Bertz CT molecular complexity index is 1940. The van der Waals surface area contributed by atoms with Crippen LogP contribution in [0.1, 0.15) is 209 Å². The Hall–Kier alpha value is -4.06. The number of esters is 2. The number of ether oxygens (including phenoxy) is 2. The van der Waals surface area contributed by atoms with Gasteiger partial charge in [0.15, 0.2) is 11.9 Å². The number of phenolic OH excluding ortho intramolecular Hbond substituents is 1. The third-order valence-electron chi connectivity index (χ3n) is 11.4. The molecule has 0 radical (unpaired) electrons. The van der Waals surface area contributed by atoms with Crippen molar-refractivity contribution < 1.29 is 50.6 Å². The number of nitrogens with one attached hydrogen (secondary N) is 3. The number of carbonyl (C=O) groups excluding carboxylic acids is 4. The van der Waals surface area contributed by atoms with E-state index in [1.165, 1.54) is 101 Å². The predicted octanol–water partition coefficient (Wildman–Crippen LogP) is 11.1. The number of amides is 2. The van der Waals surface area contributed by atoms with Crippen LogP contribution in [0, 0.1) is 5.92 Å². The second-order valence-electron chi connectivity index (χ2n) is 17.3. The van der Waals surface area contributed by atoms with Crippen molar-refractivity contribution in [2.45, 2.75) is 188 Å². The molecule has 2 aromatic rings. The van der Waals surface area contributed by atoms with Crippen LogP contribution < -0.4 is 15.4 Å². The number of hydrogen-bond acceptors (Lipinski definition) is 11. The summed E-state index contributed by atoms with van der Waals surface area (Å²) < 4.78 is 61.8. The predicted molar refractivity (Wildman–Crippen MR) is 267 cm³/mol. The minimum Gasteiger partial charge on any atom is -0.504 e. The fourth-order valence-corrected chi connectivity index (χ4v) is 9.72. The molecule has 0 aliphatic carbocycles. The van der Waals surface area contributed by atoms with Crippen LogP contribution in [0.4, 0.5) is 11.4 Å². The second-order valence-corrected chi connectivity index (χ2v) is 20.0. The molecule has 2 rings (SSSR count). The van der Waals surface area contributed by atoms with E-state index in [4.69, 9.17) is 13.7 Å². The Kier molecular flexibility index (Phi) is 29.5. The van der Waals surface area contributed by atoms with Gasteiger partial charge < -0.3 is 25.2 Å². The first-order valence-electron chi connectivity index (χ1n) is 25.0. The number of nitrogens with zero attached hydrogens (tertiary/aromatic N) is 1. The SMILES string of the molecule is CCCCCCCCCCCCOC(=O)c1ccc(C(OS(=O)Nc2cc(NC(=O)C(C)C)c(O)c(S(=O)(=O)N(CC)CC)c2)C(=O)NCC)cc1C(=O)OCCCCCCCCCCCC. The number of anilines is 2. The Balaban J connectivity index is 2.38. The lowest BCUT2D eigenvalue weighted by atomic mass is 10.00. The van der Waals surface area contributed by atoms with E-state index in [2.05, 4.69) is 29.2 Å². The van der Waals surface area contributed by atoms with E-state index in [-0.39, 0.29) is 60.9 Å². The maximum Gasteiger partial charge on any atom is 0.339 e. The molecule has 0 fully saturated rings. The van der Waals surface area contributed by atoms with E-state index in [1.54, 1.807) is 34.6 Å². The molecular formula is C50H82N4O11S2. The van der Waals surface area contributed by atoms with Crippen LogP contribution in [-0.2, 0) is 44.5 Å². The largest absolute Gasteiger partial charge is 0.504 e. The third-order valence-corrected chi connectivity index (χ3v) is 14.2. The molecule has 2 atom stereocenters. The van der Waals surface area contributed by atoms with Crippen LogP contribution in [0.3, 0.4) is 0 Å². The van der Waals surface area contributed by atoms with Gasteiger partial charge in [-0.1, -0.05) is 163 Å². The lowest BCUT2D eigenvalue weighted by Crippen LogP contribution is -2.32. The number of sulfonamides is 1. The second kappa shape index (κ2) is 33.4. The van der Waals surface area contributed by atoms with Gasteiger partial charge in [0.1, 0.15) is 4.90 Å². The normalized spacial score (nSPS) is 12.5. The Morgan fingerprint density at radius 2 is 1.13 bits per heavy atom. The standard InChI is InChI=1S/C50H82N4O11S2/c1-8-13-15-17-19-21-23-25-27-29-33-63-49(58)41-32-31-39(35-42(41)50(59)64-34-30-28-26-24-22-20-18-16-14-9-2)46(48(57)51-10-3)65-66(60)53-40-36-43(52-47(56)38(6)7)45(55)44(37-40)67(61,62)54(11-4)12-5/h31-32,35-38,46,53,55H,8-30,33-34H2,1-7H3,(H,51,57)(H,52,56). The van der Waals surface area contributed by atoms with Crippen molar-refractivity contribution in [1.29, 1.82) is 0 Å². The van der Waals surface area contributed by atoms with Crippen LogP contribution in [0.15, 0.2) is 35.2 Å². The minimum atomic E-state index is -4.31. The molecule has 2 unspecified atom stereocenters. The zero-order valence-corrected chi connectivity index (χ0v) is 43.1. The maximum absolute atomic E-state index is 13.8. The van der Waals surface area contributed by atoms with Gasteiger partial charge in [0.05, 0.1) is 35.7 Å². The third kappa shape index (κ3) is 21.4. The van der Waals surface area contributed by atoms with Crippen LogP contribution in [0.25, 0.3) is 0 Å². The van der Waals surface area contributed by atoms with Gasteiger partial charge in [-0.15, -0.1) is 0 Å². The van der Waals surface area contributed by atoms with Crippen molar-refractivity contribution in [3.63, 3.8) is 0 Å². The summed E-state index contributed by atoms with van der Waals surface area (Å²) in [5.41, 5.74) is -0.529. The van der Waals surface area contributed by atoms with Crippen molar-refractivity contribution in [2.75, 3.05) is 42.9 Å². The molecule has 2 aromatic carbocycles. The molecule has 0 saturated heterocycles. The van der Waals surface area contributed by atoms with Gasteiger partial charge in [-0.3, -0.25) is 18.5 Å². The summed E-state index contributed by atoms with van der Waals surface area (Å²) in [5.74, 6) is -4.01. The molecule has 0 saturated carbocycles. The summed E-state index contributed by atoms with van der Waals surface area (Å²) in [6, 6.07) is 6.30. The van der Waals surface area contributed by atoms with E-state index in [9.17, 15) is 36.9 Å². The topological polar surface area (TPSA) is 207 Å². The number of phenols is 1. The van der Waals surface area contributed by atoms with Crippen LogP contribution in [0.5, 0.6) is 5.75 Å². The summed E-state index contributed by atoms with van der Waals surface area (Å²) in [4.78, 5) is 53.0. The molecule has 0 aliphatic heterocycles. The minimum absolute atomic E-state index is 0.0557. The van der Waals surface area contributed by atoms with Gasteiger partial charge in [-0.2, -0.15) is 4.31 Å². The van der Waals surface area contributed by atoms with Crippen molar-refractivity contribution in [3.05, 3.63) is 47.0 Å². The number of hydrogen-bond donors (Lipinski definition) is 4. The highest BCUT2D eigenvalue weighted by Crippen LogP contribution is 2.37. The molecular weight excluding hydrogens is 897 g/mol. The molecule has 0 bridgehead atoms. The maximum atomic E-state index is 13.8. The van der Waals surface area contributed by atoms with Gasteiger partial charge in [-0.25, -0.2) is 22.2 Å². The molecule has 4 N–H and O–H groups in total. The fourth-order valence-electron chi connectivity index (χ4n) is 7.40. The zero-order chi connectivity index (χ0) is 49.6. The van der Waals surface area contributed by atoms with E-state index < -0.39 is 67.7 Å². The van der Waals surface area contributed by atoms with E-state index in [1.807, 2.05) is 0 Å². The Labute approximate surface area is 404 Å². The first kappa shape index (κ1) is 59.1. The molecule has 0 aliphatic rings. The van der Waals surface area contributed by atoms with Gasteiger partial charge in [0.2, 0.25) is 15.9 Å². The van der Waals surface area contributed by atoms with Crippen molar-refractivity contribution in [2.24, 2.45) is 5.92 Å². The molecule has 2 amide bonds. The molecule has 0 heterocycles. The Morgan fingerprint density at radius 1 is 0.657 bits per heavy atom. The highest BCUT2D eigenvalue weighted by atomic mass is 32.2. The van der Waals surface area contributed by atoms with Crippen LogP contribution >= 0.6 is 0 Å². The summed E-state index contributed by atoms with van der Waals surface area (Å²) in [6.07, 6.45) is 20.5. The first-order chi connectivity index (χ1) is 32.2. The number of rotatable bonds is 37. The number of aromatic hydroxyl groups is 1. The highest BCUT2D eigenvalue weighted by molar-refractivity contribution is 7.89. The zero-order valence-electron chi connectivity index (χ0n) is 41.5. The average molecular weight is 979 g/mol.